The van der Waals surface area contributed by atoms with E-state index in [1.54, 1.807) is 6.92 Å². The Labute approximate surface area is 120 Å². The Bertz CT molecular complexity index is 469. The molecule has 0 atom stereocenters. The molecule has 0 aromatic carbocycles. The van der Waals surface area contributed by atoms with Crippen molar-refractivity contribution in [1.82, 2.24) is 9.97 Å². The van der Waals surface area contributed by atoms with E-state index >= 15 is 0 Å². The van der Waals surface area contributed by atoms with E-state index in [1.807, 2.05) is 13.8 Å². The van der Waals surface area contributed by atoms with Crippen LogP contribution < -0.4 is 5.32 Å². The van der Waals surface area contributed by atoms with Gasteiger partial charge >= 0.3 is 12.3 Å². The Kier molecular flexibility index (Phi) is 6.32. The van der Waals surface area contributed by atoms with Crippen LogP contribution in [0.1, 0.15) is 30.9 Å². The molecular weight excluding hydrogens is 290 g/mol. The number of alkyl halides is 4. The van der Waals surface area contributed by atoms with Crippen LogP contribution in [0.3, 0.4) is 0 Å². The number of nitrogens with zero attached hydrogens (tertiary/aromatic N) is 2. The van der Waals surface area contributed by atoms with Crippen molar-refractivity contribution in [3.8, 4) is 0 Å². The summed E-state index contributed by atoms with van der Waals surface area (Å²) in [5.41, 5.74) is 1.64. The van der Waals surface area contributed by atoms with Crippen LogP contribution in [-0.2, 0) is 17.8 Å². The summed E-state index contributed by atoms with van der Waals surface area (Å²) in [7, 11) is 0. The Morgan fingerprint density at radius 1 is 1.24 bits per heavy atom. The van der Waals surface area contributed by atoms with Gasteiger partial charge in [-0.05, 0) is 20.3 Å². The summed E-state index contributed by atoms with van der Waals surface area (Å²) in [6, 6.07) is 0. The van der Waals surface area contributed by atoms with Gasteiger partial charge in [-0.2, -0.15) is 8.78 Å². The second kappa shape index (κ2) is 7.53. The van der Waals surface area contributed by atoms with E-state index in [1.165, 1.54) is 0 Å². The Hall–Kier alpha value is -1.44. The van der Waals surface area contributed by atoms with Gasteiger partial charge in [0.25, 0.3) is 0 Å². The number of rotatable bonds is 8. The van der Waals surface area contributed by atoms with Crippen molar-refractivity contribution in [1.29, 1.82) is 0 Å². The van der Waals surface area contributed by atoms with Gasteiger partial charge in [0.15, 0.2) is 5.82 Å². The zero-order chi connectivity index (χ0) is 16.0. The van der Waals surface area contributed by atoms with Crippen molar-refractivity contribution in [3.05, 3.63) is 17.1 Å². The molecule has 0 fully saturated rings. The molecule has 0 aliphatic heterocycles. The van der Waals surface area contributed by atoms with Gasteiger partial charge in [-0.3, -0.25) is 0 Å². The van der Waals surface area contributed by atoms with Gasteiger partial charge in [-0.15, -0.1) is 0 Å². The number of anilines is 1. The van der Waals surface area contributed by atoms with Crippen LogP contribution in [0.15, 0.2) is 0 Å². The van der Waals surface area contributed by atoms with Crippen molar-refractivity contribution in [2.45, 2.75) is 46.1 Å². The minimum atomic E-state index is -4.16. The van der Waals surface area contributed by atoms with Gasteiger partial charge in [-0.25, -0.2) is 18.7 Å². The summed E-state index contributed by atoms with van der Waals surface area (Å²) >= 11 is 0. The molecule has 0 bridgehead atoms. The first kappa shape index (κ1) is 17.6. The number of hydrogen-bond donors (Lipinski definition) is 1. The molecule has 1 aromatic rings. The molecule has 1 N–H and O–H groups in total. The maximum atomic E-state index is 12.7. The Morgan fingerprint density at radius 2 is 1.90 bits per heavy atom. The molecule has 21 heavy (non-hydrogen) atoms. The van der Waals surface area contributed by atoms with E-state index < -0.39 is 19.0 Å². The van der Waals surface area contributed by atoms with Gasteiger partial charge in [0.1, 0.15) is 19.0 Å². The molecule has 0 saturated heterocycles. The Morgan fingerprint density at radius 3 is 2.43 bits per heavy atom. The number of nitrogens with one attached hydrogen (secondary N) is 1. The standard InChI is InChI=1S/C13H19F4N3O/c1-4-9-8(3)19-10(20-11(9)18-5-2)6-21-7-13(16,17)12(14)15/h12H,4-7H2,1-3H3,(H,18,19,20). The van der Waals surface area contributed by atoms with Crippen LogP contribution in [0, 0.1) is 6.92 Å². The summed E-state index contributed by atoms with van der Waals surface area (Å²) in [5.74, 6) is -3.36. The van der Waals surface area contributed by atoms with Gasteiger partial charge in [0.2, 0.25) is 0 Å². The lowest BCUT2D eigenvalue weighted by Gasteiger charge is -2.16. The maximum Gasteiger partial charge on any atom is 0.330 e. The first-order chi connectivity index (χ1) is 9.81. The van der Waals surface area contributed by atoms with Crippen molar-refractivity contribution in [3.63, 3.8) is 0 Å². The van der Waals surface area contributed by atoms with Crippen LogP contribution in [0.25, 0.3) is 0 Å². The molecule has 1 aromatic heterocycles. The van der Waals surface area contributed by atoms with Crippen LogP contribution in [0.4, 0.5) is 23.4 Å². The van der Waals surface area contributed by atoms with E-state index in [0.717, 1.165) is 12.0 Å². The first-order valence-corrected chi connectivity index (χ1v) is 6.65. The van der Waals surface area contributed by atoms with Crippen molar-refractivity contribution in [2.75, 3.05) is 18.5 Å². The number of hydrogen-bond acceptors (Lipinski definition) is 4. The lowest BCUT2D eigenvalue weighted by molar-refractivity contribution is -0.168. The highest BCUT2D eigenvalue weighted by atomic mass is 19.3. The normalized spacial score (nSPS) is 12.0. The summed E-state index contributed by atoms with van der Waals surface area (Å²) < 4.78 is 54.1. The monoisotopic (exact) mass is 309 g/mol. The van der Waals surface area contributed by atoms with E-state index in [0.29, 0.717) is 18.1 Å². The second-order valence-electron chi connectivity index (χ2n) is 4.49. The molecule has 8 heteroatoms. The van der Waals surface area contributed by atoms with E-state index in [2.05, 4.69) is 20.0 Å². The van der Waals surface area contributed by atoms with Gasteiger partial charge in [0.05, 0.1) is 0 Å². The fraction of sp³-hybridized carbons (Fsp3) is 0.692. The van der Waals surface area contributed by atoms with Crippen LogP contribution >= 0.6 is 0 Å². The summed E-state index contributed by atoms with van der Waals surface area (Å²) in [4.78, 5) is 8.32. The average molecular weight is 309 g/mol. The minimum absolute atomic E-state index is 0.186. The molecule has 0 amide bonds. The quantitative estimate of drug-likeness (QED) is 0.749. The molecule has 0 aliphatic carbocycles. The van der Waals surface area contributed by atoms with Crippen molar-refractivity contribution in [2.24, 2.45) is 0 Å². The molecule has 4 nitrogen and oxygen atoms in total. The topological polar surface area (TPSA) is 47.0 Å². The number of ether oxygens (including phenoxy) is 1. The molecule has 1 heterocycles. The third-order valence-electron chi connectivity index (χ3n) is 2.80. The summed E-state index contributed by atoms with van der Waals surface area (Å²) in [5, 5.41) is 3.06. The smallest absolute Gasteiger partial charge is 0.330 e. The average Bonchev–Trinajstić information content (AvgIpc) is 2.38. The molecule has 0 aliphatic rings. The molecule has 0 radical (unpaired) electrons. The predicted octanol–water partition coefficient (Wildman–Crippen LogP) is 3.20. The SMILES string of the molecule is CCNc1nc(COCC(F)(F)C(F)F)nc(C)c1CC. The molecule has 0 spiro atoms. The molecule has 120 valence electrons. The zero-order valence-electron chi connectivity index (χ0n) is 12.2. The van der Waals surface area contributed by atoms with Crippen LogP contribution in [0.5, 0.6) is 0 Å². The van der Waals surface area contributed by atoms with Gasteiger partial charge in [0, 0.05) is 17.8 Å². The molecule has 0 unspecified atom stereocenters. The molecule has 1 rings (SSSR count). The van der Waals surface area contributed by atoms with Crippen LogP contribution in [0.2, 0.25) is 0 Å². The lowest BCUT2D eigenvalue weighted by atomic mass is 10.1. The molecular formula is C13H19F4N3O. The van der Waals surface area contributed by atoms with Crippen molar-refractivity contribution >= 4 is 5.82 Å². The van der Waals surface area contributed by atoms with Crippen LogP contribution in [-0.4, -0.2) is 35.5 Å². The molecule has 0 saturated carbocycles. The minimum Gasteiger partial charge on any atom is -0.370 e. The van der Waals surface area contributed by atoms with E-state index in [4.69, 9.17) is 0 Å². The fourth-order valence-electron chi connectivity index (χ4n) is 1.80. The lowest BCUT2D eigenvalue weighted by Crippen LogP contribution is -2.32. The number of aromatic nitrogens is 2. The predicted molar refractivity (Wildman–Crippen MR) is 70.9 cm³/mol. The van der Waals surface area contributed by atoms with Gasteiger partial charge < -0.3 is 10.1 Å². The van der Waals surface area contributed by atoms with E-state index in [-0.39, 0.29) is 12.4 Å². The first-order valence-electron chi connectivity index (χ1n) is 6.65. The fourth-order valence-corrected chi connectivity index (χ4v) is 1.80. The largest absolute Gasteiger partial charge is 0.370 e. The van der Waals surface area contributed by atoms with Gasteiger partial charge in [-0.1, -0.05) is 6.92 Å². The summed E-state index contributed by atoms with van der Waals surface area (Å²) in [6.45, 7) is 4.57. The third-order valence-corrected chi connectivity index (χ3v) is 2.80. The highest BCUT2D eigenvalue weighted by Gasteiger charge is 2.41. The second-order valence-corrected chi connectivity index (χ2v) is 4.49. The number of aryl methyl sites for hydroxylation is 1. The highest BCUT2D eigenvalue weighted by Crippen LogP contribution is 2.23. The van der Waals surface area contributed by atoms with Crippen molar-refractivity contribution < 1.29 is 22.3 Å². The third kappa shape index (κ3) is 4.80. The maximum absolute atomic E-state index is 12.7. The van der Waals surface area contributed by atoms with E-state index in [9.17, 15) is 17.6 Å². The summed E-state index contributed by atoms with van der Waals surface area (Å²) in [6.07, 6.45) is -3.03. The number of halogens is 4. The zero-order valence-corrected chi connectivity index (χ0v) is 12.2. The Balaban J connectivity index is 2.76. The highest BCUT2D eigenvalue weighted by molar-refractivity contribution is 5.46.